The molecule has 8 heteroatoms. The van der Waals surface area contributed by atoms with E-state index in [1.54, 1.807) is 0 Å². The highest BCUT2D eigenvalue weighted by atomic mass is 31.2. The summed E-state index contributed by atoms with van der Waals surface area (Å²) in [5.41, 5.74) is 1.03. The van der Waals surface area contributed by atoms with E-state index in [9.17, 15) is 9.46 Å². The van der Waals surface area contributed by atoms with Crippen LogP contribution in [0.15, 0.2) is 30.3 Å². The van der Waals surface area contributed by atoms with Crippen LogP contribution in [0, 0.1) is 5.92 Å². The Labute approximate surface area is 328 Å². The van der Waals surface area contributed by atoms with Gasteiger partial charge in [-0.2, -0.15) is 0 Å². The average Bonchev–Trinajstić information content (AvgIpc) is 3.12. The monoisotopic (exact) mass is 768 g/mol. The molecule has 0 aliphatic rings. The topological polar surface area (TPSA) is 77.1 Å². The zero-order valence-electron chi connectivity index (χ0n) is 35.5. The first-order chi connectivity index (χ1) is 25.6. The predicted octanol–water partition coefficient (Wildman–Crippen LogP) is 12.6. The number of phosphoric ester groups is 1. The number of benzene rings is 1. The average molecular weight is 768 g/mol. The van der Waals surface area contributed by atoms with Crippen LogP contribution in [0.5, 0.6) is 0 Å². The minimum atomic E-state index is -4.45. The van der Waals surface area contributed by atoms with Crippen LogP contribution in [-0.4, -0.2) is 64.7 Å². The van der Waals surface area contributed by atoms with Crippen LogP contribution < -0.4 is 4.89 Å². The molecule has 1 rings (SSSR count). The van der Waals surface area contributed by atoms with Crippen molar-refractivity contribution in [3.8, 4) is 0 Å². The molecule has 1 aromatic rings. The van der Waals surface area contributed by atoms with Gasteiger partial charge in [-0.1, -0.05) is 198 Å². The summed E-state index contributed by atoms with van der Waals surface area (Å²) in [6, 6.07) is 9.93. The van der Waals surface area contributed by atoms with Crippen LogP contribution in [0.2, 0.25) is 0 Å². The maximum absolute atomic E-state index is 12.5. The van der Waals surface area contributed by atoms with Crippen LogP contribution in [0.1, 0.15) is 186 Å². The second-order valence-corrected chi connectivity index (χ2v) is 18.2. The molecule has 53 heavy (non-hydrogen) atoms. The van der Waals surface area contributed by atoms with Crippen molar-refractivity contribution in [2.75, 3.05) is 54.1 Å². The third-order valence-electron chi connectivity index (χ3n) is 10.3. The van der Waals surface area contributed by atoms with E-state index in [1.807, 2.05) is 51.5 Å². The van der Waals surface area contributed by atoms with Crippen molar-refractivity contribution < 1.29 is 32.5 Å². The summed E-state index contributed by atoms with van der Waals surface area (Å²) in [4.78, 5) is 12.5. The van der Waals surface area contributed by atoms with Gasteiger partial charge < -0.3 is 27.9 Å². The lowest BCUT2D eigenvalue weighted by molar-refractivity contribution is -0.870. The first-order valence-electron chi connectivity index (χ1n) is 22.3. The van der Waals surface area contributed by atoms with Gasteiger partial charge in [0, 0.05) is 6.61 Å². The molecule has 0 aromatic heterocycles. The highest BCUT2D eigenvalue weighted by molar-refractivity contribution is 7.45. The van der Waals surface area contributed by atoms with Gasteiger partial charge in [-0.25, -0.2) is 0 Å². The summed E-state index contributed by atoms with van der Waals surface area (Å²) in [6.07, 6.45) is 34.6. The van der Waals surface area contributed by atoms with Gasteiger partial charge in [0.1, 0.15) is 19.3 Å². The van der Waals surface area contributed by atoms with Gasteiger partial charge in [0.25, 0.3) is 7.82 Å². The molecule has 0 N–H and O–H groups in total. The van der Waals surface area contributed by atoms with Crippen molar-refractivity contribution in [1.29, 1.82) is 0 Å². The molecule has 0 fully saturated rings. The van der Waals surface area contributed by atoms with Gasteiger partial charge in [-0.15, -0.1) is 0 Å². The van der Waals surface area contributed by atoms with E-state index in [4.69, 9.17) is 18.5 Å². The highest BCUT2D eigenvalue weighted by Crippen LogP contribution is 2.38. The predicted molar refractivity (Wildman–Crippen MR) is 223 cm³/mol. The van der Waals surface area contributed by atoms with Crippen LogP contribution >= 0.6 is 7.82 Å². The largest absolute Gasteiger partial charge is 0.756 e. The van der Waals surface area contributed by atoms with Crippen molar-refractivity contribution in [2.45, 2.75) is 193 Å². The molecule has 1 unspecified atom stereocenters. The molecule has 0 heterocycles. The van der Waals surface area contributed by atoms with Gasteiger partial charge in [-0.05, 0) is 24.3 Å². The molecule has 0 bridgehead atoms. The van der Waals surface area contributed by atoms with Crippen molar-refractivity contribution in [3.05, 3.63) is 35.9 Å². The minimum Gasteiger partial charge on any atom is -0.756 e. The fraction of sp³-hybridized carbons (Fsp3) is 0.867. The molecule has 0 amide bonds. The Morgan fingerprint density at radius 3 is 1.45 bits per heavy atom. The number of hydrogen-bond donors (Lipinski definition) is 0. The number of rotatable bonds is 40. The first-order valence-corrected chi connectivity index (χ1v) is 23.7. The first kappa shape index (κ1) is 50.2. The SMILES string of the molecule is CCCCCCCCCCCCCCC(CCCCCCCCCCCCCC)COC[C@H](COP(=O)([O-])OCC[N+](C)(C)C)OCc1ccccc1. The Bertz CT molecular complexity index is 930. The Hall–Kier alpha value is -0.790. The standard InChI is InChI=1S/C45H86NO6P/c1-6-8-10-12-14-16-18-20-22-24-26-29-33-43(34-30-27-25-23-21-19-17-15-13-11-9-7-2)39-49-41-45(50-40-44-35-31-28-32-36-44)42-52-53(47,48)51-38-37-46(3,4)5/h28,31-32,35-36,43,45H,6-27,29-30,33-34,37-42H2,1-5H3/t45-/m1/s1. The quantitative estimate of drug-likeness (QED) is 0.0376. The molecule has 0 radical (unpaired) electrons. The van der Waals surface area contributed by atoms with E-state index in [2.05, 4.69) is 13.8 Å². The highest BCUT2D eigenvalue weighted by Gasteiger charge is 2.19. The minimum absolute atomic E-state index is 0.0796. The lowest BCUT2D eigenvalue weighted by atomic mass is 9.94. The summed E-state index contributed by atoms with van der Waals surface area (Å²) in [6.45, 7) is 6.42. The van der Waals surface area contributed by atoms with Crippen LogP contribution in [0.3, 0.4) is 0 Å². The maximum Gasteiger partial charge on any atom is 0.268 e. The number of likely N-dealkylation sites (N-methyl/N-ethyl adjacent to an activating group) is 1. The van der Waals surface area contributed by atoms with E-state index in [-0.39, 0.29) is 13.2 Å². The van der Waals surface area contributed by atoms with Gasteiger partial charge in [0.2, 0.25) is 0 Å². The fourth-order valence-corrected chi connectivity index (χ4v) is 7.52. The van der Waals surface area contributed by atoms with Crippen LogP contribution in [0.25, 0.3) is 0 Å². The lowest BCUT2D eigenvalue weighted by Gasteiger charge is -2.28. The van der Waals surface area contributed by atoms with Gasteiger partial charge in [0.15, 0.2) is 0 Å². The molecule has 2 atom stereocenters. The van der Waals surface area contributed by atoms with Gasteiger partial charge in [-0.3, -0.25) is 4.57 Å². The molecule has 312 valence electrons. The molecule has 0 spiro atoms. The van der Waals surface area contributed by atoms with Crippen molar-refractivity contribution in [1.82, 2.24) is 0 Å². The normalized spacial score (nSPS) is 13.9. The fourth-order valence-electron chi connectivity index (χ4n) is 6.80. The summed E-state index contributed by atoms with van der Waals surface area (Å²) in [5.74, 6) is 0.515. The van der Waals surface area contributed by atoms with Crippen LogP contribution in [0.4, 0.5) is 0 Å². The van der Waals surface area contributed by atoms with E-state index < -0.39 is 13.9 Å². The van der Waals surface area contributed by atoms with Crippen molar-refractivity contribution >= 4 is 7.82 Å². The second-order valence-electron chi connectivity index (χ2n) is 16.8. The van der Waals surface area contributed by atoms with Crippen molar-refractivity contribution in [3.63, 3.8) is 0 Å². The maximum atomic E-state index is 12.5. The van der Waals surface area contributed by atoms with Gasteiger partial charge >= 0.3 is 0 Å². The molecule has 1 aromatic carbocycles. The third-order valence-corrected chi connectivity index (χ3v) is 11.3. The second kappa shape index (κ2) is 34.5. The molecule has 0 saturated carbocycles. The zero-order valence-corrected chi connectivity index (χ0v) is 36.4. The Morgan fingerprint density at radius 1 is 0.585 bits per heavy atom. The number of nitrogens with zero attached hydrogens (tertiary/aromatic N) is 1. The molecular formula is C45H86NO6P. The zero-order chi connectivity index (χ0) is 38.7. The summed E-state index contributed by atoms with van der Waals surface area (Å²) < 4.78 is 36.1. The molecule has 0 aliphatic carbocycles. The van der Waals surface area contributed by atoms with Crippen LogP contribution in [-0.2, 0) is 29.7 Å². The molecule has 7 nitrogen and oxygen atoms in total. The Balaban J connectivity index is 2.55. The van der Waals surface area contributed by atoms with E-state index in [0.29, 0.717) is 36.8 Å². The number of phosphoric acid groups is 1. The number of quaternary nitrogens is 1. The lowest BCUT2D eigenvalue weighted by Crippen LogP contribution is -2.37. The number of ether oxygens (including phenoxy) is 2. The summed E-state index contributed by atoms with van der Waals surface area (Å²) in [7, 11) is 1.53. The third kappa shape index (κ3) is 34.2. The summed E-state index contributed by atoms with van der Waals surface area (Å²) in [5, 5.41) is 0. The Morgan fingerprint density at radius 2 is 1.02 bits per heavy atom. The van der Waals surface area contributed by atoms with Gasteiger partial charge in [0.05, 0.1) is 41.0 Å². The number of unbranched alkanes of at least 4 members (excludes halogenated alkanes) is 22. The molecule has 0 aliphatic heterocycles. The van der Waals surface area contributed by atoms with E-state index >= 15 is 0 Å². The Kier molecular flexibility index (Phi) is 32.7. The smallest absolute Gasteiger partial charge is 0.268 e. The summed E-state index contributed by atoms with van der Waals surface area (Å²) >= 11 is 0. The van der Waals surface area contributed by atoms with Crippen molar-refractivity contribution in [2.24, 2.45) is 5.92 Å². The molecule has 0 saturated heterocycles. The van der Waals surface area contributed by atoms with E-state index in [1.165, 1.54) is 167 Å². The number of hydrogen-bond acceptors (Lipinski definition) is 6. The van der Waals surface area contributed by atoms with E-state index in [0.717, 1.165) is 5.56 Å². The molecular weight excluding hydrogens is 681 g/mol.